The largest absolute Gasteiger partial charge is 0.373 e. The molecule has 1 unspecified atom stereocenters. The minimum atomic E-state index is -0.464. The molecule has 0 heterocycles. The van der Waals surface area contributed by atoms with Crippen LogP contribution in [0.3, 0.4) is 0 Å². The molecule has 1 aromatic carbocycles. The first-order valence-corrected chi connectivity index (χ1v) is 5.09. The summed E-state index contributed by atoms with van der Waals surface area (Å²) in [5, 5.41) is 2.89. The molecule has 1 atom stereocenters. The molecule has 3 nitrogen and oxygen atoms in total. The Morgan fingerprint density at radius 2 is 2.29 bits per heavy atom. The summed E-state index contributed by atoms with van der Waals surface area (Å²) in [4.78, 5) is 10.8. The van der Waals surface area contributed by atoms with Crippen LogP contribution in [0.15, 0.2) is 18.2 Å². The molecule has 5 heteroatoms. The van der Waals surface area contributed by atoms with E-state index in [1.165, 1.54) is 12.1 Å². The van der Waals surface area contributed by atoms with Crippen molar-refractivity contribution in [1.29, 1.82) is 0 Å². The smallest absolute Gasteiger partial charge is 0.239 e. The van der Waals surface area contributed by atoms with Gasteiger partial charge in [0.15, 0.2) is 0 Å². The summed E-state index contributed by atoms with van der Waals surface area (Å²) < 4.78 is 13.4. The van der Waals surface area contributed by atoms with Crippen molar-refractivity contribution in [1.82, 2.24) is 0 Å². The SMILES string of the molecule is CC(Nc1ccc(F)cc1I)C(N)=O. The van der Waals surface area contributed by atoms with E-state index in [0.29, 0.717) is 5.69 Å². The molecule has 3 N–H and O–H groups in total. The van der Waals surface area contributed by atoms with Gasteiger partial charge in [0.05, 0.1) is 0 Å². The number of hydrogen-bond acceptors (Lipinski definition) is 2. The molecular weight excluding hydrogens is 298 g/mol. The Balaban J connectivity index is 2.82. The number of rotatable bonds is 3. The molecule has 0 spiro atoms. The van der Waals surface area contributed by atoms with E-state index in [4.69, 9.17) is 5.73 Å². The third-order valence-electron chi connectivity index (χ3n) is 1.73. The Morgan fingerprint density at radius 3 is 2.79 bits per heavy atom. The second-order valence-corrected chi connectivity index (χ2v) is 4.05. The molecule has 0 aliphatic carbocycles. The second kappa shape index (κ2) is 4.59. The first-order chi connectivity index (χ1) is 6.50. The molecule has 0 aromatic heterocycles. The van der Waals surface area contributed by atoms with Gasteiger partial charge in [0.25, 0.3) is 0 Å². The highest BCUT2D eigenvalue weighted by molar-refractivity contribution is 14.1. The van der Waals surface area contributed by atoms with E-state index >= 15 is 0 Å². The lowest BCUT2D eigenvalue weighted by Gasteiger charge is -2.12. The minimum absolute atomic E-state index is 0.299. The van der Waals surface area contributed by atoms with Gasteiger partial charge in [-0.1, -0.05) is 0 Å². The molecule has 14 heavy (non-hydrogen) atoms. The number of carbonyl (C=O) groups is 1. The monoisotopic (exact) mass is 308 g/mol. The number of anilines is 1. The molecule has 0 saturated carbocycles. The highest BCUT2D eigenvalue weighted by Crippen LogP contribution is 2.19. The van der Waals surface area contributed by atoms with Gasteiger partial charge in [0.1, 0.15) is 11.9 Å². The lowest BCUT2D eigenvalue weighted by atomic mass is 10.2. The highest BCUT2D eigenvalue weighted by atomic mass is 127. The maximum absolute atomic E-state index is 12.7. The van der Waals surface area contributed by atoms with Gasteiger partial charge in [-0.05, 0) is 47.7 Å². The standard InChI is InChI=1S/C9H10FIN2O/c1-5(9(12)14)13-8-3-2-6(10)4-7(8)11/h2-5,13H,1H3,(H2,12,14). The molecule has 1 amide bonds. The molecule has 0 saturated heterocycles. The van der Waals surface area contributed by atoms with Gasteiger partial charge in [-0.25, -0.2) is 4.39 Å². The van der Waals surface area contributed by atoms with Gasteiger partial charge in [-0.15, -0.1) is 0 Å². The van der Waals surface area contributed by atoms with Crippen LogP contribution >= 0.6 is 22.6 Å². The Hall–Kier alpha value is -0.850. The van der Waals surface area contributed by atoms with Gasteiger partial charge in [0.2, 0.25) is 5.91 Å². The van der Waals surface area contributed by atoms with Gasteiger partial charge in [-0.2, -0.15) is 0 Å². The van der Waals surface area contributed by atoms with Crippen molar-refractivity contribution < 1.29 is 9.18 Å². The van der Waals surface area contributed by atoms with Crippen molar-refractivity contribution in [2.45, 2.75) is 13.0 Å². The van der Waals surface area contributed by atoms with E-state index in [9.17, 15) is 9.18 Å². The van der Waals surface area contributed by atoms with E-state index in [-0.39, 0.29) is 5.82 Å². The second-order valence-electron chi connectivity index (χ2n) is 2.89. The molecule has 0 aliphatic rings. The van der Waals surface area contributed by atoms with Crippen LogP contribution < -0.4 is 11.1 Å². The Kier molecular flexibility index (Phi) is 3.68. The summed E-state index contributed by atoms with van der Waals surface area (Å²) in [6.45, 7) is 1.65. The van der Waals surface area contributed by atoms with Crippen molar-refractivity contribution >= 4 is 34.2 Å². The fourth-order valence-corrected chi connectivity index (χ4v) is 1.54. The van der Waals surface area contributed by atoms with Gasteiger partial charge in [0, 0.05) is 9.26 Å². The summed E-state index contributed by atoms with van der Waals surface area (Å²) in [7, 11) is 0. The van der Waals surface area contributed by atoms with Crippen LogP contribution in [0.5, 0.6) is 0 Å². The number of nitrogens with one attached hydrogen (secondary N) is 1. The van der Waals surface area contributed by atoms with Crippen molar-refractivity contribution in [3.8, 4) is 0 Å². The fraction of sp³-hybridized carbons (Fsp3) is 0.222. The Labute approximate surface area is 95.0 Å². The highest BCUT2D eigenvalue weighted by Gasteiger charge is 2.09. The predicted octanol–water partition coefficient (Wildman–Crippen LogP) is 1.72. The fourth-order valence-electron chi connectivity index (χ4n) is 0.911. The third-order valence-corrected chi connectivity index (χ3v) is 2.62. The number of benzene rings is 1. The van der Waals surface area contributed by atoms with E-state index in [1.54, 1.807) is 13.0 Å². The first-order valence-electron chi connectivity index (χ1n) is 4.01. The zero-order valence-corrected chi connectivity index (χ0v) is 9.71. The lowest BCUT2D eigenvalue weighted by molar-refractivity contribution is -0.118. The van der Waals surface area contributed by atoms with Crippen LogP contribution in [0.4, 0.5) is 10.1 Å². The minimum Gasteiger partial charge on any atom is -0.373 e. The average Bonchev–Trinajstić information content (AvgIpc) is 2.09. The number of amides is 1. The van der Waals surface area contributed by atoms with Crippen molar-refractivity contribution in [3.63, 3.8) is 0 Å². The zero-order valence-electron chi connectivity index (χ0n) is 7.55. The first kappa shape index (κ1) is 11.2. The quantitative estimate of drug-likeness (QED) is 0.835. The number of carbonyl (C=O) groups excluding carboxylic acids is 1. The van der Waals surface area contributed by atoms with Crippen LogP contribution in [-0.2, 0) is 4.79 Å². The number of nitrogens with two attached hydrogens (primary N) is 1. The molecule has 1 aromatic rings. The lowest BCUT2D eigenvalue weighted by Crippen LogP contribution is -2.32. The van der Waals surface area contributed by atoms with Gasteiger partial charge >= 0.3 is 0 Å². The Bertz CT molecular complexity index is 357. The normalized spacial score (nSPS) is 12.2. The molecule has 0 fully saturated rings. The van der Waals surface area contributed by atoms with E-state index in [2.05, 4.69) is 5.32 Å². The maximum atomic E-state index is 12.7. The maximum Gasteiger partial charge on any atom is 0.239 e. The topological polar surface area (TPSA) is 55.1 Å². The summed E-state index contributed by atoms with van der Waals surface area (Å²) in [5.41, 5.74) is 5.79. The summed E-state index contributed by atoms with van der Waals surface area (Å²) >= 11 is 1.99. The van der Waals surface area contributed by atoms with Crippen molar-refractivity contribution in [2.24, 2.45) is 5.73 Å². The summed E-state index contributed by atoms with van der Waals surface area (Å²) in [6, 6.07) is 3.83. The van der Waals surface area contributed by atoms with E-state index in [0.717, 1.165) is 3.57 Å². The van der Waals surface area contributed by atoms with Crippen LogP contribution in [0.2, 0.25) is 0 Å². The van der Waals surface area contributed by atoms with Crippen LogP contribution in [0, 0.1) is 9.39 Å². The number of hydrogen-bond donors (Lipinski definition) is 2. The van der Waals surface area contributed by atoms with E-state index < -0.39 is 11.9 Å². The summed E-state index contributed by atoms with van der Waals surface area (Å²) in [6.07, 6.45) is 0. The predicted molar refractivity (Wildman–Crippen MR) is 61.4 cm³/mol. The third kappa shape index (κ3) is 2.83. The number of primary amides is 1. The van der Waals surface area contributed by atoms with Crippen LogP contribution in [-0.4, -0.2) is 11.9 Å². The molecule has 1 rings (SSSR count). The summed E-state index contributed by atoms with van der Waals surface area (Å²) in [5.74, 6) is -0.739. The molecule has 0 aliphatic heterocycles. The zero-order chi connectivity index (χ0) is 10.7. The van der Waals surface area contributed by atoms with Crippen LogP contribution in [0.25, 0.3) is 0 Å². The van der Waals surface area contributed by atoms with Gasteiger partial charge in [-0.3, -0.25) is 4.79 Å². The van der Waals surface area contributed by atoms with Crippen LogP contribution in [0.1, 0.15) is 6.92 Å². The van der Waals surface area contributed by atoms with E-state index in [1.807, 2.05) is 22.6 Å². The Morgan fingerprint density at radius 1 is 1.64 bits per heavy atom. The molecular formula is C9H10FIN2O. The van der Waals surface area contributed by atoms with Gasteiger partial charge < -0.3 is 11.1 Å². The number of halogens is 2. The van der Waals surface area contributed by atoms with Crippen molar-refractivity contribution in [2.75, 3.05) is 5.32 Å². The van der Waals surface area contributed by atoms with Crippen molar-refractivity contribution in [3.05, 3.63) is 27.6 Å². The molecule has 76 valence electrons. The molecule has 0 radical (unpaired) electrons. The molecule has 0 bridgehead atoms. The average molecular weight is 308 g/mol.